The summed E-state index contributed by atoms with van der Waals surface area (Å²) in [6, 6.07) is 7.57. The van der Waals surface area contributed by atoms with Crippen molar-refractivity contribution < 1.29 is 14.3 Å². The third-order valence-electron chi connectivity index (χ3n) is 6.36. The quantitative estimate of drug-likeness (QED) is 0.625. The lowest BCUT2D eigenvalue weighted by Gasteiger charge is -2.58. The molecule has 0 aromatic heterocycles. The maximum absolute atomic E-state index is 13.0. The van der Waals surface area contributed by atoms with Crippen LogP contribution in [0, 0.1) is 24.2 Å². The molecule has 0 spiro atoms. The van der Waals surface area contributed by atoms with E-state index in [1.807, 2.05) is 31.2 Å². The summed E-state index contributed by atoms with van der Waals surface area (Å²) in [5, 5.41) is 2.83. The van der Waals surface area contributed by atoms with Gasteiger partial charge in [-0.15, -0.1) is 11.6 Å². The van der Waals surface area contributed by atoms with E-state index in [1.54, 1.807) is 6.92 Å². The molecule has 0 radical (unpaired) electrons. The first kappa shape index (κ1) is 17.8. The van der Waals surface area contributed by atoms with Crippen molar-refractivity contribution in [1.29, 1.82) is 0 Å². The maximum Gasteiger partial charge on any atom is 0.312 e. The average molecular weight is 376 g/mol. The maximum atomic E-state index is 13.0. The van der Waals surface area contributed by atoms with Gasteiger partial charge in [-0.1, -0.05) is 12.1 Å². The standard InChI is InChI=1S/C21H26ClNO3/c1-13-4-3-5-17(6-13)23-18(24)14(2)26-19(25)20-8-15-7-16(9-20)11-21(22,10-15)12-20/h3-6,14-16H,7-12H2,1-2H3,(H,23,24)/t14-,15-,16+,20?,21?/m0/s1. The molecular formula is C21H26ClNO3. The summed E-state index contributed by atoms with van der Waals surface area (Å²) in [6.07, 6.45) is 4.83. The second kappa shape index (κ2) is 6.26. The third-order valence-corrected chi connectivity index (χ3v) is 6.80. The highest BCUT2D eigenvalue weighted by atomic mass is 35.5. The molecule has 4 aliphatic carbocycles. The fourth-order valence-corrected chi connectivity index (χ4v) is 6.39. The van der Waals surface area contributed by atoms with Crippen molar-refractivity contribution in [2.75, 3.05) is 5.32 Å². The van der Waals surface area contributed by atoms with Gasteiger partial charge in [-0.3, -0.25) is 9.59 Å². The first-order valence-electron chi connectivity index (χ1n) is 9.55. The van der Waals surface area contributed by atoms with Crippen LogP contribution >= 0.6 is 11.6 Å². The van der Waals surface area contributed by atoms with Crippen LogP contribution in [0.2, 0.25) is 0 Å². The van der Waals surface area contributed by atoms with E-state index in [0.717, 1.165) is 31.2 Å². The van der Waals surface area contributed by atoms with E-state index in [-0.39, 0.29) is 16.8 Å². The Kier molecular flexibility index (Phi) is 4.30. The molecule has 4 aliphatic rings. The van der Waals surface area contributed by atoms with Gasteiger partial charge in [-0.25, -0.2) is 0 Å². The lowest BCUT2D eigenvalue weighted by Crippen LogP contribution is -2.57. The van der Waals surface area contributed by atoms with Gasteiger partial charge in [-0.05, 0) is 81.9 Å². The Balaban J connectivity index is 1.42. The van der Waals surface area contributed by atoms with E-state index in [1.165, 1.54) is 6.42 Å². The number of esters is 1. The fourth-order valence-electron chi connectivity index (χ4n) is 5.70. The van der Waals surface area contributed by atoms with Crippen molar-refractivity contribution in [2.45, 2.75) is 63.4 Å². The molecule has 4 saturated carbocycles. The second-order valence-corrected chi connectivity index (χ2v) is 9.60. The lowest BCUT2D eigenvalue weighted by molar-refractivity contribution is -0.176. The Morgan fingerprint density at radius 2 is 1.92 bits per heavy atom. The summed E-state index contributed by atoms with van der Waals surface area (Å²) in [5.41, 5.74) is 1.30. The normalized spacial score (nSPS) is 35.8. The van der Waals surface area contributed by atoms with E-state index in [2.05, 4.69) is 5.32 Å². The molecule has 1 aromatic rings. The van der Waals surface area contributed by atoms with Gasteiger partial charge in [0.15, 0.2) is 6.10 Å². The van der Waals surface area contributed by atoms with Gasteiger partial charge >= 0.3 is 5.97 Å². The van der Waals surface area contributed by atoms with Crippen molar-refractivity contribution in [3.63, 3.8) is 0 Å². The van der Waals surface area contributed by atoms with Crippen molar-refractivity contribution in [2.24, 2.45) is 17.3 Å². The number of ether oxygens (including phenoxy) is 1. The van der Waals surface area contributed by atoms with Gasteiger partial charge in [0.05, 0.1) is 5.41 Å². The van der Waals surface area contributed by atoms with Crippen LogP contribution in [-0.4, -0.2) is 22.9 Å². The molecule has 1 amide bonds. The number of benzene rings is 1. The number of alkyl halides is 1. The number of amides is 1. The van der Waals surface area contributed by atoms with Crippen molar-refractivity contribution in [1.82, 2.24) is 0 Å². The Labute approximate surface area is 159 Å². The number of nitrogens with one attached hydrogen (secondary N) is 1. The zero-order valence-electron chi connectivity index (χ0n) is 15.4. The molecule has 0 heterocycles. The Morgan fingerprint density at radius 1 is 1.23 bits per heavy atom. The van der Waals surface area contributed by atoms with Gasteiger partial charge in [0.1, 0.15) is 0 Å². The summed E-state index contributed by atoms with van der Waals surface area (Å²) in [6.45, 7) is 3.61. The minimum Gasteiger partial charge on any atom is -0.452 e. The van der Waals surface area contributed by atoms with Crippen LogP contribution in [0.25, 0.3) is 0 Å². The molecule has 2 unspecified atom stereocenters. The van der Waals surface area contributed by atoms with E-state index in [0.29, 0.717) is 23.9 Å². The minimum absolute atomic E-state index is 0.233. The van der Waals surface area contributed by atoms with Gasteiger partial charge in [-0.2, -0.15) is 0 Å². The first-order chi connectivity index (χ1) is 12.3. The van der Waals surface area contributed by atoms with Crippen LogP contribution in [0.4, 0.5) is 5.69 Å². The minimum atomic E-state index is -0.817. The zero-order chi connectivity index (χ0) is 18.5. The molecular weight excluding hydrogens is 350 g/mol. The summed E-state index contributed by atoms with van der Waals surface area (Å²) in [4.78, 5) is 25.2. The van der Waals surface area contributed by atoms with Crippen LogP contribution in [0.3, 0.4) is 0 Å². The lowest BCUT2D eigenvalue weighted by atomic mass is 9.49. The number of rotatable bonds is 4. The number of aryl methyl sites for hydroxylation is 1. The monoisotopic (exact) mass is 375 g/mol. The van der Waals surface area contributed by atoms with Crippen molar-refractivity contribution in [3.05, 3.63) is 29.8 Å². The summed E-state index contributed by atoms with van der Waals surface area (Å²) in [7, 11) is 0. The number of carbonyl (C=O) groups excluding carboxylic acids is 2. The van der Waals surface area contributed by atoms with Crippen molar-refractivity contribution in [3.8, 4) is 0 Å². The predicted octanol–water partition coefficient (Wildman–Crippen LogP) is 4.44. The van der Waals surface area contributed by atoms with Crippen LogP contribution in [-0.2, 0) is 14.3 Å². The number of halogens is 1. The van der Waals surface area contributed by atoms with Crippen molar-refractivity contribution >= 4 is 29.2 Å². The molecule has 4 nitrogen and oxygen atoms in total. The molecule has 140 valence electrons. The van der Waals surface area contributed by atoms with Gasteiger partial charge in [0.2, 0.25) is 0 Å². The molecule has 1 N–H and O–H groups in total. The molecule has 4 bridgehead atoms. The number of carbonyl (C=O) groups is 2. The average Bonchev–Trinajstić information content (AvgIpc) is 2.52. The highest BCUT2D eigenvalue weighted by Gasteiger charge is 2.61. The fraction of sp³-hybridized carbons (Fsp3) is 0.619. The predicted molar refractivity (Wildman–Crippen MR) is 101 cm³/mol. The van der Waals surface area contributed by atoms with Crippen LogP contribution in [0.15, 0.2) is 24.3 Å². The summed E-state index contributed by atoms with van der Waals surface area (Å²) >= 11 is 6.80. The summed E-state index contributed by atoms with van der Waals surface area (Å²) < 4.78 is 5.63. The molecule has 0 aliphatic heterocycles. The number of anilines is 1. The first-order valence-corrected chi connectivity index (χ1v) is 9.92. The van der Waals surface area contributed by atoms with Gasteiger partial charge < -0.3 is 10.1 Å². The van der Waals surface area contributed by atoms with Crippen LogP contribution < -0.4 is 5.32 Å². The SMILES string of the molecule is Cc1cccc(NC(=O)[C@H](C)OC(=O)C23C[C@@H]4C[C@@H](CC(Cl)(C4)C2)C3)c1. The Bertz CT molecular complexity index is 733. The molecule has 4 fully saturated rings. The smallest absolute Gasteiger partial charge is 0.312 e. The van der Waals surface area contributed by atoms with E-state index in [9.17, 15) is 9.59 Å². The van der Waals surface area contributed by atoms with Crippen LogP contribution in [0.1, 0.15) is 51.0 Å². The highest BCUT2D eigenvalue weighted by Crippen LogP contribution is 2.64. The topological polar surface area (TPSA) is 55.4 Å². The molecule has 5 rings (SSSR count). The van der Waals surface area contributed by atoms with Crippen LogP contribution in [0.5, 0.6) is 0 Å². The van der Waals surface area contributed by atoms with E-state index >= 15 is 0 Å². The zero-order valence-corrected chi connectivity index (χ0v) is 16.1. The molecule has 1 aromatic carbocycles. The molecule has 26 heavy (non-hydrogen) atoms. The molecule has 5 atom stereocenters. The second-order valence-electron chi connectivity index (χ2n) is 8.80. The number of hydrogen-bond acceptors (Lipinski definition) is 3. The highest BCUT2D eigenvalue weighted by molar-refractivity contribution is 6.24. The largest absolute Gasteiger partial charge is 0.452 e. The molecule has 5 heteroatoms. The van der Waals surface area contributed by atoms with Gasteiger partial charge in [0.25, 0.3) is 5.91 Å². The number of hydrogen-bond donors (Lipinski definition) is 1. The summed E-state index contributed by atoms with van der Waals surface area (Å²) in [5.74, 6) is 0.522. The Morgan fingerprint density at radius 3 is 2.54 bits per heavy atom. The third kappa shape index (κ3) is 3.24. The van der Waals surface area contributed by atoms with E-state index < -0.39 is 11.5 Å². The molecule has 0 saturated heterocycles. The Hall–Kier alpha value is -1.55. The van der Waals surface area contributed by atoms with Gasteiger partial charge in [0, 0.05) is 10.6 Å². The van der Waals surface area contributed by atoms with E-state index in [4.69, 9.17) is 16.3 Å².